The molecule has 5 nitrogen and oxygen atoms in total. The molecule has 0 spiro atoms. The molecule has 106 valence electrons. The number of benzene rings is 1. The van der Waals surface area contributed by atoms with Crippen molar-refractivity contribution in [2.45, 2.75) is 19.4 Å². The molecule has 0 saturated heterocycles. The monoisotopic (exact) mass is 285 g/mol. The number of carbonyl (C=O) groups excluding carboxylic acids is 1. The molecule has 6 heteroatoms. The molecule has 0 aliphatic carbocycles. The molecule has 1 amide bonds. The maximum absolute atomic E-state index is 12.1. The van der Waals surface area contributed by atoms with Crippen LogP contribution in [-0.2, 0) is 4.79 Å². The van der Waals surface area contributed by atoms with Gasteiger partial charge in [-0.15, -0.1) is 0 Å². The zero-order valence-corrected chi connectivity index (χ0v) is 11.9. The Balaban J connectivity index is 2.73. The SMILES string of the molecule is CCC(C(=O)Nc1ccc(Cl)c(N)c1)N(C)CCO. The van der Waals surface area contributed by atoms with Gasteiger partial charge in [-0.3, -0.25) is 9.69 Å². The summed E-state index contributed by atoms with van der Waals surface area (Å²) < 4.78 is 0. The van der Waals surface area contributed by atoms with E-state index in [4.69, 9.17) is 22.4 Å². The number of carbonyl (C=O) groups is 1. The Labute approximate surface area is 118 Å². The Kier molecular flexibility index (Phi) is 6.08. The minimum absolute atomic E-state index is 0.0220. The van der Waals surface area contributed by atoms with E-state index in [1.54, 1.807) is 25.2 Å². The molecule has 0 aromatic heterocycles. The summed E-state index contributed by atoms with van der Waals surface area (Å²) in [4.78, 5) is 14.0. The van der Waals surface area contributed by atoms with Gasteiger partial charge in [-0.2, -0.15) is 0 Å². The van der Waals surface area contributed by atoms with Crippen LogP contribution in [0, 0.1) is 0 Å². The van der Waals surface area contributed by atoms with Crippen molar-refractivity contribution in [1.82, 2.24) is 4.90 Å². The molecular weight excluding hydrogens is 266 g/mol. The Morgan fingerprint density at radius 1 is 1.58 bits per heavy atom. The van der Waals surface area contributed by atoms with Gasteiger partial charge in [0.05, 0.1) is 23.4 Å². The molecule has 0 bridgehead atoms. The van der Waals surface area contributed by atoms with Gasteiger partial charge in [0.25, 0.3) is 0 Å². The molecular formula is C13H20ClN3O2. The van der Waals surface area contributed by atoms with E-state index in [1.165, 1.54) is 0 Å². The summed E-state index contributed by atoms with van der Waals surface area (Å²) in [6.07, 6.45) is 0.658. The van der Waals surface area contributed by atoms with Gasteiger partial charge in [0.15, 0.2) is 0 Å². The van der Waals surface area contributed by atoms with Crippen molar-refractivity contribution in [1.29, 1.82) is 0 Å². The van der Waals surface area contributed by atoms with E-state index in [2.05, 4.69) is 5.32 Å². The highest BCUT2D eigenvalue weighted by Crippen LogP contribution is 2.22. The van der Waals surface area contributed by atoms with E-state index < -0.39 is 0 Å². The number of halogens is 1. The number of nitrogens with zero attached hydrogens (tertiary/aromatic N) is 1. The number of nitrogen functional groups attached to an aromatic ring is 1. The zero-order valence-electron chi connectivity index (χ0n) is 11.2. The summed E-state index contributed by atoms with van der Waals surface area (Å²) in [6.45, 7) is 2.40. The molecule has 0 saturated carbocycles. The Hall–Kier alpha value is -1.30. The topological polar surface area (TPSA) is 78.6 Å². The number of aliphatic hydroxyl groups excluding tert-OH is 1. The molecule has 0 heterocycles. The van der Waals surface area contributed by atoms with Crippen LogP contribution in [0.15, 0.2) is 18.2 Å². The minimum atomic E-state index is -0.288. The molecule has 1 aromatic carbocycles. The van der Waals surface area contributed by atoms with Crippen LogP contribution in [0.2, 0.25) is 5.02 Å². The number of hydrogen-bond donors (Lipinski definition) is 3. The number of likely N-dealkylation sites (N-methyl/N-ethyl adjacent to an activating group) is 1. The molecule has 1 atom stereocenters. The van der Waals surface area contributed by atoms with E-state index in [1.807, 2.05) is 11.8 Å². The summed E-state index contributed by atoms with van der Waals surface area (Å²) in [7, 11) is 1.81. The number of aliphatic hydroxyl groups is 1. The van der Waals surface area contributed by atoms with E-state index in [9.17, 15) is 4.79 Å². The van der Waals surface area contributed by atoms with Crippen molar-refractivity contribution >= 4 is 28.9 Å². The fourth-order valence-corrected chi connectivity index (χ4v) is 1.98. The van der Waals surface area contributed by atoms with Crippen molar-refractivity contribution in [2.24, 2.45) is 0 Å². The van der Waals surface area contributed by atoms with Crippen LogP contribution >= 0.6 is 11.6 Å². The lowest BCUT2D eigenvalue weighted by Gasteiger charge is -2.25. The Morgan fingerprint density at radius 2 is 2.26 bits per heavy atom. The van der Waals surface area contributed by atoms with Gasteiger partial charge in [0.2, 0.25) is 5.91 Å². The van der Waals surface area contributed by atoms with E-state index in [-0.39, 0.29) is 18.6 Å². The fraction of sp³-hybridized carbons (Fsp3) is 0.462. The number of nitrogens with one attached hydrogen (secondary N) is 1. The van der Waals surface area contributed by atoms with E-state index in [0.717, 1.165) is 0 Å². The predicted octanol–water partition coefficient (Wildman–Crippen LogP) is 1.56. The first kappa shape index (κ1) is 15.8. The number of hydrogen-bond acceptors (Lipinski definition) is 4. The number of anilines is 2. The lowest BCUT2D eigenvalue weighted by molar-refractivity contribution is -0.121. The largest absolute Gasteiger partial charge is 0.397 e. The molecule has 0 fully saturated rings. The quantitative estimate of drug-likeness (QED) is 0.693. The van der Waals surface area contributed by atoms with Gasteiger partial charge in [-0.1, -0.05) is 18.5 Å². The second kappa shape index (κ2) is 7.33. The van der Waals surface area contributed by atoms with Crippen molar-refractivity contribution in [3.05, 3.63) is 23.2 Å². The predicted molar refractivity (Wildman–Crippen MR) is 78.3 cm³/mol. The van der Waals surface area contributed by atoms with Crippen LogP contribution < -0.4 is 11.1 Å². The van der Waals surface area contributed by atoms with Crippen molar-refractivity contribution in [3.63, 3.8) is 0 Å². The van der Waals surface area contributed by atoms with Gasteiger partial charge in [-0.25, -0.2) is 0 Å². The summed E-state index contributed by atoms with van der Waals surface area (Å²) in [6, 6.07) is 4.68. The molecule has 4 N–H and O–H groups in total. The van der Waals surface area contributed by atoms with Gasteiger partial charge >= 0.3 is 0 Å². The first-order valence-corrected chi connectivity index (χ1v) is 6.54. The molecule has 1 unspecified atom stereocenters. The Morgan fingerprint density at radius 3 is 2.79 bits per heavy atom. The molecule has 0 aliphatic heterocycles. The van der Waals surface area contributed by atoms with Crippen LogP contribution in [0.4, 0.5) is 11.4 Å². The third-order valence-electron chi connectivity index (χ3n) is 2.94. The van der Waals surface area contributed by atoms with Crippen LogP contribution in [0.25, 0.3) is 0 Å². The first-order valence-electron chi connectivity index (χ1n) is 6.16. The minimum Gasteiger partial charge on any atom is -0.397 e. The summed E-state index contributed by atoms with van der Waals surface area (Å²) in [5.41, 5.74) is 6.73. The summed E-state index contributed by atoms with van der Waals surface area (Å²) >= 11 is 5.83. The molecule has 19 heavy (non-hydrogen) atoms. The standard InChI is InChI=1S/C13H20ClN3O2/c1-3-12(17(2)6-7-18)13(19)16-9-4-5-10(14)11(15)8-9/h4-5,8,12,18H,3,6-7,15H2,1-2H3,(H,16,19). The maximum Gasteiger partial charge on any atom is 0.241 e. The third-order valence-corrected chi connectivity index (χ3v) is 3.28. The first-order chi connectivity index (χ1) is 8.99. The van der Waals surface area contributed by atoms with Gasteiger partial charge in [0.1, 0.15) is 0 Å². The van der Waals surface area contributed by atoms with Crippen LogP contribution in [0.3, 0.4) is 0 Å². The average molecular weight is 286 g/mol. The second-order valence-electron chi connectivity index (χ2n) is 4.35. The van der Waals surface area contributed by atoms with E-state index in [0.29, 0.717) is 29.4 Å². The maximum atomic E-state index is 12.1. The lowest BCUT2D eigenvalue weighted by atomic mass is 10.1. The summed E-state index contributed by atoms with van der Waals surface area (Å²) in [5.74, 6) is -0.125. The third kappa shape index (κ3) is 4.38. The number of nitrogens with two attached hydrogens (primary N) is 1. The molecule has 0 radical (unpaired) electrons. The molecule has 1 aromatic rings. The van der Waals surface area contributed by atoms with Gasteiger partial charge in [-0.05, 0) is 31.7 Å². The van der Waals surface area contributed by atoms with Gasteiger partial charge in [0, 0.05) is 12.2 Å². The number of rotatable bonds is 6. The normalized spacial score (nSPS) is 12.5. The van der Waals surface area contributed by atoms with Crippen molar-refractivity contribution < 1.29 is 9.90 Å². The summed E-state index contributed by atoms with van der Waals surface area (Å²) in [5, 5.41) is 12.2. The van der Waals surface area contributed by atoms with Gasteiger partial charge < -0.3 is 16.2 Å². The van der Waals surface area contributed by atoms with Crippen molar-refractivity contribution in [3.8, 4) is 0 Å². The highest BCUT2D eigenvalue weighted by atomic mass is 35.5. The highest BCUT2D eigenvalue weighted by Gasteiger charge is 2.21. The van der Waals surface area contributed by atoms with Crippen molar-refractivity contribution in [2.75, 3.05) is 31.2 Å². The molecule has 0 aliphatic rings. The average Bonchev–Trinajstić information content (AvgIpc) is 2.35. The zero-order chi connectivity index (χ0) is 14.4. The lowest BCUT2D eigenvalue weighted by Crippen LogP contribution is -2.42. The van der Waals surface area contributed by atoms with Crippen LogP contribution in [0.1, 0.15) is 13.3 Å². The smallest absolute Gasteiger partial charge is 0.241 e. The fourth-order valence-electron chi connectivity index (χ4n) is 1.86. The van der Waals surface area contributed by atoms with Crippen LogP contribution in [-0.4, -0.2) is 42.2 Å². The van der Waals surface area contributed by atoms with Crippen LogP contribution in [0.5, 0.6) is 0 Å². The Bertz CT molecular complexity index is 440. The highest BCUT2D eigenvalue weighted by molar-refractivity contribution is 6.33. The second-order valence-corrected chi connectivity index (χ2v) is 4.76. The number of amides is 1. The van der Waals surface area contributed by atoms with E-state index >= 15 is 0 Å². The molecule has 1 rings (SSSR count).